The fraction of sp³-hybridized carbons (Fsp3) is 0. The van der Waals surface area contributed by atoms with Crippen LogP contribution in [0.2, 0.25) is 0 Å². The van der Waals surface area contributed by atoms with Crippen LogP contribution in [0.25, 0.3) is 123 Å². The zero-order valence-electron chi connectivity index (χ0n) is 39.5. The largest absolute Gasteiger partial charge is 0.246 e. The van der Waals surface area contributed by atoms with Gasteiger partial charge in [0.05, 0.1) is 22.8 Å². The van der Waals surface area contributed by atoms with Gasteiger partial charge >= 0.3 is 0 Å². The van der Waals surface area contributed by atoms with E-state index in [0.29, 0.717) is 5.82 Å². The van der Waals surface area contributed by atoms with Crippen LogP contribution in [0, 0.1) is 0 Å². The number of rotatable bonds is 11. The lowest BCUT2D eigenvalue weighted by molar-refractivity contribution is 1.18. The quantitative estimate of drug-likeness (QED) is 0.130. The molecule has 0 aliphatic heterocycles. The molecule has 10 aromatic carbocycles. The highest BCUT2D eigenvalue weighted by Gasteiger charge is 2.25. The number of pyridine rings is 1. The fourth-order valence-electron chi connectivity index (χ4n) is 9.77. The van der Waals surface area contributed by atoms with E-state index in [9.17, 15) is 0 Å². The Labute approximate surface area is 421 Å². The molecule has 0 fully saturated rings. The molecule has 0 aliphatic rings. The Bertz CT molecular complexity index is 3630. The Morgan fingerprint density at radius 1 is 0.167 bits per heavy atom. The predicted molar refractivity (Wildman–Crippen MR) is 300 cm³/mol. The molecule has 12 aromatic rings. The van der Waals surface area contributed by atoms with Crippen LogP contribution in [0.5, 0.6) is 0 Å². The molecule has 0 spiro atoms. The average molecular weight is 918 g/mol. The first kappa shape index (κ1) is 43.7. The third kappa shape index (κ3) is 8.95. The fourth-order valence-corrected chi connectivity index (χ4v) is 9.77. The Balaban J connectivity index is 1.01. The molecule has 72 heavy (non-hydrogen) atoms. The van der Waals surface area contributed by atoms with Crippen molar-refractivity contribution in [2.24, 2.45) is 0 Å². The summed E-state index contributed by atoms with van der Waals surface area (Å²) in [5, 5.41) is 0. The van der Waals surface area contributed by atoms with E-state index in [4.69, 9.17) is 15.0 Å². The van der Waals surface area contributed by atoms with Gasteiger partial charge < -0.3 is 0 Å². The lowest BCUT2D eigenvalue weighted by Gasteiger charge is -2.23. The first-order valence-corrected chi connectivity index (χ1v) is 24.4. The first-order chi connectivity index (χ1) is 35.7. The van der Waals surface area contributed by atoms with Crippen molar-refractivity contribution in [2.75, 3.05) is 0 Å². The minimum atomic E-state index is 0.664. The second kappa shape index (κ2) is 19.8. The van der Waals surface area contributed by atoms with Gasteiger partial charge in [-0.05, 0) is 80.4 Å². The molecule has 0 saturated heterocycles. The van der Waals surface area contributed by atoms with E-state index in [-0.39, 0.29) is 0 Å². The lowest BCUT2D eigenvalue weighted by Crippen LogP contribution is -2.01. The summed E-state index contributed by atoms with van der Waals surface area (Å²) in [6.45, 7) is 0. The minimum Gasteiger partial charge on any atom is -0.246 e. The molecule has 0 atom stereocenters. The summed E-state index contributed by atoms with van der Waals surface area (Å²) in [5.41, 5.74) is 22.1. The van der Waals surface area contributed by atoms with E-state index >= 15 is 0 Å². The van der Waals surface area contributed by atoms with Crippen LogP contribution in [-0.4, -0.2) is 15.0 Å². The molecule has 0 amide bonds. The summed E-state index contributed by atoms with van der Waals surface area (Å²) in [7, 11) is 0. The summed E-state index contributed by atoms with van der Waals surface area (Å²) in [6, 6.07) is 101. The van der Waals surface area contributed by atoms with Gasteiger partial charge in [-0.2, -0.15) is 0 Å². The maximum Gasteiger partial charge on any atom is 0.160 e. The van der Waals surface area contributed by atoms with Gasteiger partial charge in [-0.3, -0.25) is 0 Å². The molecule has 3 heteroatoms. The molecule has 338 valence electrons. The monoisotopic (exact) mass is 917 g/mol. The Morgan fingerprint density at radius 2 is 0.486 bits per heavy atom. The maximum absolute atomic E-state index is 5.65. The molecule has 0 N–H and O–H groups in total. The van der Waals surface area contributed by atoms with Crippen molar-refractivity contribution in [2.45, 2.75) is 0 Å². The highest BCUT2D eigenvalue weighted by Crippen LogP contribution is 2.49. The molecule has 0 unspecified atom stereocenters. The van der Waals surface area contributed by atoms with Crippen molar-refractivity contribution >= 4 is 0 Å². The highest BCUT2D eigenvalue weighted by molar-refractivity contribution is 6.05. The van der Waals surface area contributed by atoms with E-state index in [1.807, 2.05) is 6.07 Å². The van der Waals surface area contributed by atoms with Crippen LogP contribution in [0.3, 0.4) is 0 Å². The van der Waals surface area contributed by atoms with Crippen LogP contribution in [0.1, 0.15) is 0 Å². The SMILES string of the molecule is c1ccc(-c2cc(-c3ccccc3)cc(-c3cc(-c4ccccc4)nc(-c4ccc(-c5cccc(-c6c(-c7ccccc7)c(-c7ccccc7)nc(-c7ccccc7)c6-c6ccccc6)c5)cc4)n3)c2)cc1. The summed E-state index contributed by atoms with van der Waals surface area (Å²) < 4.78 is 0. The van der Waals surface area contributed by atoms with Crippen LogP contribution < -0.4 is 0 Å². The molecular weight excluding hydrogens is 871 g/mol. The Hall–Kier alpha value is -9.57. The Morgan fingerprint density at radius 3 is 0.944 bits per heavy atom. The van der Waals surface area contributed by atoms with Gasteiger partial charge in [-0.15, -0.1) is 0 Å². The molecule has 0 bridgehead atoms. The smallest absolute Gasteiger partial charge is 0.160 e. The summed E-state index contributed by atoms with van der Waals surface area (Å²) in [5.74, 6) is 0.664. The van der Waals surface area contributed by atoms with E-state index in [2.05, 4.69) is 279 Å². The normalized spacial score (nSPS) is 11.1. The zero-order valence-corrected chi connectivity index (χ0v) is 39.5. The van der Waals surface area contributed by atoms with Gasteiger partial charge in [-0.1, -0.05) is 255 Å². The van der Waals surface area contributed by atoms with Crippen LogP contribution in [0.4, 0.5) is 0 Å². The molecule has 12 rings (SSSR count). The van der Waals surface area contributed by atoms with E-state index in [1.165, 1.54) is 0 Å². The van der Waals surface area contributed by atoms with Gasteiger partial charge in [0.25, 0.3) is 0 Å². The third-order valence-corrected chi connectivity index (χ3v) is 13.3. The molecule has 3 nitrogen and oxygen atoms in total. The predicted octanol–water partition coefficient (Wildman–Crippen LogP) is 18.2. The summed E-state index contributed by atoms with van der Waals surface area (Å²) >= 11 is 0. The van der Waals surface area contributed by atoms with Crippen molar-refractivity contribution in [1.29, 1.82) is 0 Å². The molecular formula is C69H47N3. The maximum atomic E-state index is 5.65. The zero-order chi connectivity index (χ0) is 48.1. The van der Waals surface area contributed by atoms with Crippen molar-refractivity contribution in [3.63, 3.8) is 0 Å². The Kier molecular flexibility index (Phi) is 12.0. The second-order valence-electron chi connectivity index (χ2n) is 17.9. The molecule has 0 aliphatic carbocycles. The van der Waals surface area contributed by atoms with Crippen LogP contribution >= 0.6 is 0 Å². The van der Waals surface area contributed by atoms with Crippen molar-refractivity contribution in [1.82, 2.24) is 15.0 Å². The molecule has 0 radical (unpaired) electrons. The highest BCUT2D eigenvalue weighted by atomic mass is 14.9. The number of hydrogen-bond donors (Lipinski definition) is 0. The van der Waals surface area contributed by atoms with Gasteiger partial charge in [0.1, 0.15) is 0 Å². The van der Waals surface area contributed by atoms with E-state index < -0.39 is 0 Å². The van der Waals surface area contributed by atoms with Gasteiger partial charge in [-0.25, -0.2) is 15.0 Å². The van der Waals surface area contributed by atoms with Crippen molar-refractivity contribution in [3.05, 3.63) is 285 Å². The summed E-state index contributed by atoms with van der Waals surface area (Å²) in [4.78, 5) is 16.2. The second-order valence-corrected chi connectivity index (χ2v) is 17.9. The van der Waals surface area contributed by atoms with E-state index in [1.54, 1.807) is 0 Å². The number of aromatic nitrogens is 3. The topological polar surface area (TPSA) is 38.7 Å². The number of hydrogen-bond acceptors (Lipinski definition) is 3. The molecule has 0 saturated carbocycles. The number of benzene rings is 10. The number of nitrogens with zero attached hydrogens (tertiary/aromatic N) is 3. The first-order valence-electron chi connectivity index (χ1n) is 24.4. The van der Waals surface area contributed by atoms with Gasteiger partial charge in [0, 0.05) is 44.5 Å². The van der Waals surface area contributed by atoms with Crippen molar-refractivity contribution < 1.29 is 0 Å². The van der Waals surface area contributed by atoms with Gasteiger partial charge in [0.2, 0.25) is 0 Å². The molecule has 2 heterocycles. The minimum absolute atomic E-state index is 0.664. The van der Waals surface area contributed by atoms with Crippen LogP contribution in [0.15, 0.2) is 285 Å². The van der Waals surface area contributed by atoms with Crippen molar-refractivity contribution in [3.8, 4) is 123 Å². The lowest BCUT2D eigenvalue weighted by atomic mass is 9.82. The van der Waals surface area contributed by atoms with Crippen LogP contribution in [-0.2, 0) is 0 Å². The molecule has 2 aromatic heterocycles. The summed E-state index contributed by atoms with van der Waals surface area (Å²) in [6.07, 6.45) is 0. The standard InChI is InChI=1S/C69H47N3/c1-8-23-48(24-9-1)59-44-60(49-25-10-2-11-26-49)46-61(45-59)63-47-62(51-27-12-3-13-28-51)70-69(71-63)56-41-39-50(40-42-56)57-37-22-38-58(43-57)64-65(52-29-14-4-15-30-52)67(54-33-18-6-19-34-54)72-68(55-35-20-7-21-36-55)66(64)53-31-16-5-17-32-53/h1-47H. The third-order valence-electron chi connectivity index (χ3n) is 13.3. The average Bonchev–Trinajstić information content (AvgIpc) is 3.48. The van der Waals surface area contributed by atoms with Gasteiger partial charge in [0.15, 0.2) is 5.82 Å². The van der Waals surface area contributed by atoms with E-state index in [0.717, 1.165) is 117 Å².